The first-order valence-electron chi connectivity index (χ1n) is 10.1. The Hall–Kier alpha value is -2.18. The maximum atomic E-state index is 14.0. The fourth-order valence-electron chi connectivity index (χ4n) is 4.12. The van der Waals surface area contributed by atoms with Crippen LogP contribution in [0.4, 0.5) is 20.2 Å². The van der Waals surface area contributed by atoms with E-state index in [1.54, 1.807) is 12.1 Å². The third-order valence-electron chi connectivity index (χ3n) is 5.86. The number of hydrogen-bond donors (Lipinski definition) is 0. The van der Waals surface area contributed by atoms with Crippen LogP contribution in [-0.4, -0.2) is 75.2 Å². The lowest BCUT2D eigenvalue weighted by Crippen LogP contribution is -2.51. The van der Waals surface area contributed by atoms with Crippen LogP contribution in [0, 0.1) is 11.6 Å². The minimum atomic E-state index is -0.135. The highest BCUT2D eigenvalue weighted by molar-refractivity contribution is 5.48. The molecule has 0 spiro atoms. The van der Waals surface area contributed by atoms with Crippen LogP contribution >= 0.6 is 0 Å². The Morgan fingerprint density at radius 1 is 0.536 bits per heavy atom. The molecule has 0 amide bonds. The Kier molecular flexibility index (Phi) is 6.07. The van der Waals surface area contributed by atoms with E-state index >= 15 is 0 Å². The Bertz CT molecular complexity index is 703. The number of hydrogen-bond acceptors (Lipinski definition) is 4. The van der Waals surface area contributed by atoms with Crippen molar-refractivity contribution in [3.8, 4) is 0 Å². The Balaban J connectivity index is 1.20. The Morgan fingerprint density at radius 2 is 0.893 bits per heavy atom. The maximum absolute atomic E-state index is 14.0. The molecule has 0 atom stereocenters. The minimum Gasteiger partial charge on any atom is -0.367 e. The fourth-order valence-corrected chi connectivity index (χ4v) is 4.12. The summed E-state index contributed by atoms with van der Waals surface area (Å²) in [5.74, 6) is -0.271. The monoisotopic (exact) mass is 386 g/mol. The van der Waals surface area contributed by atoms with Crippen molar-refractivity contribution in [3.05, 3.63) is 60.2 Å². The van der Waals surface area contributed by atoms with Gasteiger partial charge in [-0.1, -0.05) is 24.3 Å². The van der Waals surface area contributed by atoms with Gasteiger partial charge in [0.25, 0.3) is 0 Å². The second kappa shape index (κ2) is 8.88. The van der Waals surface area contributed by atoms with Gasteiger partial charge in [-0.15, -0.1) is 0 Å². The van der Waals surface area contributed by atoms with Gasteiger partial charge in [0.2, 0.25) is 0 Å². The summed E-state index contributed by atoms with van der Waals surface area (Å²) in [6, 6.07) is 14.0. The summed E-state index contributed by atoms with van der Waals surface area (Å²) in [6.45, 7) is 9.36. The molecular weight excluding hydrogens is 358 g/mol. The molecule has 150 valence electrons. The lowest BCUT2D eigenvalue weighted by molar-refractivity contribution is 0.190. The third-order valence-corrected chi connectivity index (χ3v) is 5.86. The number of nitrogens with zero attached hydrogens (tertiary/aromatic N) is 4. The van der Waals surface area contributed by atoms with Crippen LogP contribution in [0.5, 0.6) is 0 Å². The van der Waals surface area contributed by atoms with E-state index in [1.165, 1.54) is 12.1 Å². The van der Waals surface area contributed by atoms with Crippen LogP contribution in [0.3, 0.4) is 0 Å². The van der Waals surface area contributed by atoms with Crippen LogP contribution in [0.25, 0.3) is 0 Å². The molecule has 2 aliphatic rings. The summed E-state index contributed by atoms with van der Waals surface area (Å²) in [7, 11) is 0. The van der Waals surface area contributed by atoms with Crippen molar-refractivity contribution < 1.29 is 8.78 Å². The summed E-state index contributed by atoms with van der Waals surface area (Å²) < 4.78 is 27.9. The molecule has 0 bridgehead atoms. The van der Waals surface area contributed by atoms with Crippen molar-refractivity contribution >= 4 is 11.4 Å². The topological polar surface area (TPSA) is 13.0 Å². The van der Waals surface area contributed by atoms with Gasteiger partial charge in [0.05, 0.1) is 11.4 Å². The lowest BCUT2D eigenvalue weighted by Gasteiger charge is -2.39. The van der Waals surface area contributed by atoms with Gasteiger partial charge in [0.1, 0.15) is 11.6 Å². The molecule has 2 heterocycles. The summed E-state index contributed by atoms with van der Waals surface area (Å²) in [4.78, 5) is 9.19. The van der Waals surface area contributed by atoms with Crippen molar-refractivity contribution in [1.82, 2.24) is 9.80 Å². The van der Waals surface area contributed by atoms with Gasteiger partial charge in [-0.25, -0.2) is 8.78 Å². The van der Waals surface area contributed by atoms with Crippen molar-refractivity contribution in [2.45, 2.75) is 0 Å². The predicted octanol–water partition coefficient (Wildman–Crippen LogP) is 2.91. The molecule has 4 nitrogen and oxygen atoms in total. The number of piperazine rings is 2. The average molecular weight is 386 g/mol. The SMILES string of the molecule is Fc1ccccc1N1CCN(CCN2CCN(c3ccccc3F)CC2)CC1. The molecule has 2 saturated heterocycles. The number of rotatable bonds is 5. The standard InChI is InChI=1S/C22H28F2N4/c23-19-5-1-3-7-21(19)27-15-11-25(12-16-27)9-10-26-13-17-28(18-14-26)22-8-4-2-6-20(22)24/h1-8H,9-18H2. The van der Waals surface area contributed by atoms with Crippen LogP contribution < -0.4 is 9.80 Å². The maximum Gasteiger partial charge on any atom is 0.146 e. The van der Waals surface area contributed by atoms with Gasteiger partial charge >= 0.3 is 0 Å². The van der Waals surface area contributed by atoms with E-state index in [4.69, 9.17) is 0 Å². The van der Waals surface area contributed by atoms with E-state index < -0.39 is 0 Å². The number of benzene rings is 2. The van der Waals surface area contributed by atoms with E-state index in [2.05, 4.69) is 19.6 Å². The quantitative estimate of drug-likeness (QED) is 0.783. The molecule has 28 heavy (non-hydrogen) atoms. The van der Waals surface area contributed by atoms with E-state index in [-0.39, 0.29) is 11.6 Å². The van der Waals surface area contributed by atoms with Crippen LogP contribution in [0.2, 0.25) is 0 Å². The molecule has 4 rings (SSSR count). The second-order valence-corrected chi connectivity index (χ2v) is 7.56. The second-order valence-electron chi connectivity index (χ2n) is 7.56. The van der Waals surface area contributed by atoms with Gasteiger partial charge in [0.15, 0.2) is 0 Å². The first-order chi connectivity index (χ1) is 13.7. The number of halogens is 2. The van der Waals surface area contributed by atoms with Crippen molar-refractivity contribution in [2.24, 2.45) is 0 Å². The lowest BCUT2D eigenvalue weighted by atomic mass is 10.2. The zero-order valence-electron chi connectivity index (χ0n) is 16.2. The molecule has 2 fully saturated rings. The zero-order valence-corrected chi connectivity index (χ0v) is 16.2. The summed E-state index contributed by atoms with van der Waals surface area (Å²) in [5, 5.41) is 0. The summed E-state index contributed by atoms with van der Waals surface area (Å²) in [6.07, 6.45) is 0. The van der Waals surface area contributed by atoms with Gasteiger partial charge in [0, 0.05) is 65.4 Å². The first kappa shape index (κ1) is 19.2. The Morgan fingerprint density at radius 3 is 1.25 bits per heavy atom. The molecule has 0 unspecified atom stereocenters. The highest BCUT2D eigenvalue weighted by atomic mass is 19.1. The molecule has 0 aliphatic carbocycles. The molecular formula is C22H28F2N4. The molecule has 2 aromatic rings. The van der Waals surface area contributed by atoms with E-state index in [0.717, 1.165) is 65.4 Å². The van der Waals surface area contributed by atoms with Crippen LogP contribution in [0.1, 0.15) is 0 Å². The fraction of sp³-hybridized carbons (Fsp3) is 0.455. The van der Waals surface area contributed by atoms with Crippen molar-refractivity contribution in [3.63, 3.8) is 0 Å². The molecule has 0 radical (unpaired) electrons. The van der Waals surface area contributed by atoms with Crippen LogP contribution in [0.15, 0.2) is 48.5 Å². The highest BCUT2D eigenvalue weighted by Crippen LogP contribution is 2.21. The largest absolute Gasteiger partial charge is 0.367 e. The van der Waals surface area contributed by atoms with E-state index in [1.807, 2.05) is 24.3 Å². The molecule has 0 aromatic heterocycles. The molecule has 2 aliphatic heterocycles. The number of anilines is 2. The van der Waals surface area contributed by atoms with Crippen molar-refractivity contribution in [1.29, 1.82) is 0 Å². The number of para-hydroxylation sites is 2. The normalized spacial score (nSPS) is 19.2. The first-order valence-corrected chi connectivity index (χ1v) is 10.1. The summed E-state index contributed by atoms with van der Waals surface area (Å²) in [5.41, 5.74) is 1.43. The van der Waals surface area contributed by atoms with Gasteiger partial charge < -0.3 is 9.80 Å². The summed E-state index contributed by atoms with van der Waals surface area (Å²) >= 11 is 0. The van der Waals surface area contributed by atoms with E-state index in [0.29, 0.717) is 11.4 Å². The van der Waals surface area contributed by atoms with E-state index in [9.17, 15) is 8.78 Å². The van der Waals surface area contributed by atoms with Gasteiger partial charge in [-0.05, 0) is 24.3 Å². The highest BCUT2D eigenvalue weighted by Gasteiger charge is 2.22. The third kappa shape index (κ3) is 4.45. The van der Waals surface area contributed by atoms with Gasteiger partial charge in [-0.3, -0.25) is 9.80 Å². The zero-order chi connectivity index (χ0) is 19.3. The van der Waals surface area contributed by atoms with Crippen LogP contribution in [-0.2, 0) is 0 Å². The van der Waals surface area contributed by atoms with Crippen molar-refractivity contribution in [2.75, 3.05) is 75.2 Å². The molecule has 0 N–H and O–H groups in total. The predicted molar refractivity (Wildman–Crippen MR) is 110 cm³/mol. The Labute approximate surface area is 165 Å². The van der Waals surface area contributed by atoms with Gasteiger partial charge in [-0.2, -0.15) is 0 Å². The smallest absolute Gasteiger partial charge is 0.146 e. The molecule has 2 aromatic carbocycles. The minimum absolute atomic E-state index is 0.135. The molecule has 6 heteroatoms. The average Bonchev–Trinajstić information content (AvgIpc) is 2.74. The molecule has 0 saturated carbocycles.